The highest BCUT2D eigenvalue weighted by Crippen LogP contribution is 2.32. The molecule has 2 aromatic rings. The first-order chi connectivity index (χ1) is 9.70. The molecule has 0 atom stereocenters. The maximum Gasteiger partial charge on any atom is 0.243 e. The second-order valence-electron chi connectivity index (χ2n) is 4.55. The maximum absolute atomic E-state index is 12.4. The zero-order valence-corrected chi connectivity index (χ0v) is 15.4. The molecule has 0 spiro atoms. The van der Waals surface area contributed by atoms with Crippen LogP contribution < -0.4 is 10.5 Å². The Morgan fingerprint density at radius 2 is 1.90 bits per heavy atom. The van der Waals surface area contributed by atoms with Crippen molar-refractivity contribution in [2.45, 2.75) is 18.4 Å². The summed E-state index contributed by atoms with van der Waals surface area (Å²) in [6.45, 7) is 2.00. The molecule has 0 aliphatic heterocycles. The highest BCUT2D eigenvalue weighted by atomic mass is 79.9. The zero-order chi connectivity index (χ0) is 15.8. The molecular weight excluding hydrogens is 424 g/mol. The van der Waals surface area contributed by atoms with Crippen LogP contribution >= 0.6 is 31.9 Å². The molecule has 0 amide bonds. The van der Waals surface area contributed by atoms with Crippen LogP contribution in [0.4, 0.5) is 5.69 Å². The van der Waals surface area contributed by atoms with Crippen LogP contribution in [-0.2, 0) is 23.6 Å². The molecule has 1 aromatic carbocycles. The second-order valence-corrected chi connectivity index (χ2v) is 7.96. The van der Waals surface area contributed by atoms with E-state index in [1.807, 2.05) is 6.92 Å². The molecule has 0 aliphatic rings. The van der Waals surface area contributed by atoms with Crippen LogP contribution in [0.2, 0.25) is 0 Å². The van der Waals surface area contributed by atoms with Crippen LogP contribution in [-0.4, -0.2) is 18.2 Å². The van der Waals surface area contributed by atoms with Crippen molar-refractivity contribution in [1.82, 2.24) is 14.5 Å². The number of nitrogens with two attached hydrogens (primary N) is 1. The fourth-order valence-electron chi connectivity index (χ4n) is 1.90. The van der Waals surface area contributed by atoms with Crippen molar-refractivity contribution in [2.24, 2.45) is 7.05 Å². The predicted octanol–water partition coefficient (Wildman–Crippen LogP) is 2.31. The average molecular weight is 438 g/mol. The van der Waals surface area contributed by atoms with Crippen molar-refractivity contribution in [3.8, 4) is 0 Å². The van der Waals surface area contributed by atoms with Gasteiger partial charge in [-0.3, -0.25) is 4.68 Å². The Labute approximate surface area is 140 Å². The fourth-order valence-corrected chi connectivity index (χ4v) is 5.52. The highest BCUT2D eigenvalue weighted by molar-refractivity contribution is 9.11. The number of nitrogens with one attached hydrogen (secondary N) is 1. The molecule has 0 fully saturated rings. The summed E-state index contributed by atoms with van der Waals surface area (Å²) < 4.78 is 29.9. The van der Waals surface area contributed by atoms with Crippen molar-refractivity contribution in [3.05, 3.63) is 38.5 Å². The number of anilines is 1. The molecule has 0 unspecified atom stereocenters. The molecule has 1 aromatic heterocycles. The summed E-state index contributed by atoms with van der Waals surface area (Å²) in [5.41, 5.74) is 7.75. The average Bonchev–Trinajstić information content (AvgIpc) is 2.63. The molecule has 0 bridgehead atoms. The Morgan fingerprint density at radius 1 is 1.33 bits per heavy atom. The van der Waals surface area contributed by atoms with Gasteiger partial charge >= 0.3 is 0 Å². The van der Waals surface area contributed by atoms with Gasteiger partial charge in [0.15, 0.2) is 0 Å². The number of halogens is 2. The van der Waals surface area contributed by atoms with Crippen molar-refractivity contribution >= 4 is 47.6 Å². The van der Waals surface area contributed by atoms with E-state index in [9.17, 15) is 8.42 Å². The van der Waals surface area contributed by atoms with E-state index >= 15 is 0 Å². The van der Waals surface area contributed by atoms with E-state index in [0.29, 0.717) is 14.6 Å². The molecule has 9 heteroatoms. The van der Waals surface area contributed by atoms with Gasteiger partial charge in [0.2, 0.25) is 10.0 Å². The zero-order valence-electron chi connectivity index (χ0n) is 11.4. The third-order valence-electron chi connectivity index (χ3n) is 2.86. The Hall–Kier alpha value is -0.900. The lowest BCUT2D eigenvalue weighted by atomic mass is 10.3. The molecule has 0 saturated heterocycles. The molecule has 2 rings (SSSR count). The number of aromatic nitrogens is 2. The van der Waals surface area contributed by atoms with Crippen LogP contribution in [0.5, 0.6) is 0 Å². The molecule has 0 saturated carbocycles. The normalized spacial score (nSPS) is 11.8. The lowest BCUT2D eigenvalue weighted by Gasteiger charge is -2.11. The summed E-state index contributed by atoms with van der Waals surface area (Å²) in [7, 11) is -1.89. The van der Waals surface area contributed by atoms with Gasteiger partial charge in [0.25, 0.3) is 0 Å². The minimum absolute atomic E-state index is 0.123. The standard InChI is InChI=1S/C12H14Br2N4O2S/c1-7-8(6-18(2)17-7)5-16-21(19,20)12-10(13)3-9(15)4-11(12)14/h3-4,6,16H,5,15H2,1-2H3. The summed E-state index contributed by atoms with van der Waals surface area (Å²) in [6.07, 6.45) is 1.78. The Balaban J connectivity index is 2.29. The van der Waals surface area contributed by atoms with Gasteiger partial charge in [-0.1, -0.05) is 0 Å². The molecule has 0 aliphatic carbocycles. The molecule has 6 nitrogen and oxygen atoms in total. The first kappa shape index (κ1) is 16.5. The van der Waals surface area contributed by atoms with Crippen molar-refractivity contribution in [1.29, 1.82) is 0 Å². The smallest absolute Gasteiger partial charge is 0.243 e. The van der Waals surface area contributed by atoms with Gasteiger partial charge in [0.1, 0.15) is 4.90 Å². The Kier molecular flexibility index (Phi) is 4.76. The summed E-state index contributed by atoms with van der Waals surface area (Å²) in [5.74, 6) is 0. The lowest BCUT2D eigenvalue weighted by molar-refractivity contribution is 0.580. The van der Waals surface area contributed by atoms with E-state index in [-0.39, 0.29) is 11.4 Å². The number of benzene rings is 1. The van der Waals surface area contributed by atoms with Gasteiger partial charge in [-0.05, 0) is 50.9 Å². The maximum atomic E-state index is 12.4. The second kappa shape index (κ2) is 6.07. The van der Waals surface area contributed by atoms with E-state index in [0.717, 1.165) is 11.3 Å². The van der Waals surface area contributed by atoms with Gasteiger partial charge in [0.05, 0.1) is 5.69 Å². The fraction of sp³-hybridized carbons (Fsp3) is 0.250. The van der Waals surface area contributed by atoms with Crippen LogP contribution in [0.1, 0.15) is 11.3 Å². The Morgan fingerprint density at radius 3 is 2.38 bits per heavy atom. The van der Waals surface area contributed by atoms with Gasteiger partial charge in [-0.2, -0.15) is 5.10 Å². The first-order valence-electron chi connectivity index (χ1n) is 5.94. The number of hydrogen-bond acceptors (Lipinski definition) is 4. The quantitative estimate of drug-likeness (QED) is 0.718. The first-order valence-corrected chi connectivity index (χ1v) is 9.01. The molecule has 3 N–H and O–H groups in total. The monoisotopic (exact) mass is 436 g/mol. The third kappa shape index (κ3) is 3.65. The van der Waals surface area contributed by atoms with E-state index in [4.69, 9.17) is 5.73 Å². The van der Waals surface area contributed by atoms with Crippen LogP contribution in [0.15, 0.2) is 32.2 Å². The van der Waals surface area contributed by atoms with Gasteiger partial charge in [-0.15, -0.1) is 0 Å². The van der Waals surface area contributed by atoms with Gasteiger partial charge in [-0.25, -0.2) is 13.1 Å². The summed E-state index contributed by atoms with van der Waals surface area (Å²) in [6, 6.07) is 3.10. The lowest BCUT2D eigenvalue weighted by Crippen LogP contribution is -2.24. The van der Waals surface area contributed by atoms with Crippen LogP contribution in [0, 0.1) is 6.92 Å². The number of sulfonamides is 1. The molecule has 114 valence electrons. The van der Waals surface area contributed by atoms with E-state index < -0.39 is 10.0 Å². The minimum atomic E-state index is -3.68. The number of aryl methyl sites for hydroxylation is 2. The van der Waals surface area contributed by atoms with Crippen LogP contribution in [0.3, 0.4) is 0 Å². The molecule has 21 heavy (non-hydrogen) atoms. The molecular formula is C12H14Br2N4O2S. The minimum Gasteiger partial charge on any atom is -0.399 e. The summed E-state index contributed by atoms with van der Waals surface area (Å²) in [4.78, 5) is 0.123. The van der Waals surface area contributed by atoms with Crippen LogP contribution in [0.25, 0.3) is 0 Å². The number of hydrogen-bond donors (Lipinski definition) is 2. The van der Waals surface area contributed by atoms with Crippen molar-refractivity contribution < 1.29 is 8.42 Å². The summed E-state index contributed by atoms with van der Waals surface area (Å²) >= 11 is 6.47. The van der Waals surface area contributed by atoms with Gasteiger partial charge < -0.3 is 5.73 Å². The van der Waals surface area contributed by atoms with Crippen molar-refractivity contribution in [3.63, 3.8) is 0 Å². The topological polar surface area (TPSA) is 90.0 Å². The SMILES string of the molecule is Cc1nn(C)cc1CNS(=O)(=O)c1c(Br)cc(N)cc1Br. The largest absolute Gasteiger partial charge is 0.399 e. The van der Waals surface area contributed by atoms with E-state index in [2.05, 4.69) is 41.7 Å². The number of nitrogens with zero attached hydrogens (tertiary/aromatic N) is 2. The summed E-state index contributed by atoms with van der Waals surface area (Å²) in [5, 5.41) is 4.18. The Bertz CT molecular complexity index is 764. The molecule has 0 radical (unpaired) electrons. The van der Waals surface area contributed by atoms with E-state index in [1.165, 1.54) is 0 Å². The third-order valence-corrected chi connectivity index (χ3v) is 6.13. The van der Waals surface area contributed by atoms with E-state index in [1.54, 1.807) is 30.1 Å². The van der Waals surface area contributed by atoms with Crippen molar-refractivity contribution in [2.75, 3.05) is 5.73 Å². The number of rotatable bonds is 4. The number of nitrogen functional groups attached to an aromatic ring is 1. The highest BCUT2D eigenvalue weighted by Gasteiger charge is 2.22. The molecule has 1 heterocycles. The predicted molar refractivity (Wildman–Crippen MR) is 88.2 cm³/mol. The van der Waals surface area contributed by atoms with Gasteiger partial charge in [0, 0.05) is 40.0 Å².